The molecule has 0 aromatic heterocycles. The number of ketones is 1. The Hall–Kier alpha value is -2.05. The molecule has 0 amide bonds. The second-order valence-corrected chi connectivity index (χ2v) is 6.83. The standard InChI is InChI=1S/C18H19ClO6/c1-9-6-15-14(25-15)5-3-2-4-10(20)7-11-16(18(23)24-9)12(21)8-13(22)17(11)19/h2-5,8-9,11,14-16,21-22H,6-7H2,1H3. The number of carbonyl (C=O) groups excluding carboxylic acids is 2. The summed E-state index contributed by atoms with van der Waals surface area (Å²) >= 11 is 6.11. The highest BCUT2D eigenvalue weighted by molar-refractivity contribution is 6.30. The summed E-state index contributed by atoms with van der Waals surface area (Å²) in [5.41, 5.74) is 0. The van der Waals surface area contributed by atoms with E-state index in [4.69, 9.17) is 21.1 Å². The van der Waals surface area contributed by atoms with Crippen LogP contribution in [0, 0.1) is 11.8 Å². The Kier molecular flexibility index (Phi) is 5.01. The zero-order valence-electron chi connectivity index (χ0n) is 13.6. The van der Waals surface area contributed by atoms with Crippen molar-refractivity contribution in [2.24, 2.45) is 11.8 Å². The molecule has 5 unspecified atom stereocenters. The maximum Gasteiger partial charge on any atom is 0.317 e. The molecule has 1 saturated heterocycles. The van der Waals surface area contributed by atoms with Gasteiger partial charge in [-0.2, -0.15) is 0 Å². The van der Waals surface area contributed by atoms with Crippen LogP contribution >= 0.6 is 11.6 Å². The van der Waals surface area contributed by atoms with E-state index in [-0.39, 0.29) is 41.0 Å². The number of cyclic esters (lactones) is 1. The molecule has 3 aliphatic rings. The van der Waals surface area contributed by atoms with Crippen LogP contribution in [0.1, 0.15) is 19.8 Å². The number of aliphatic hydroxyl groups is 2. The van der Waals surface area contributed by atoms with Gasteiger partial charge in [0.15, 0.2) is 5.78 Å². The maximum atomic E-state index is 12.5. The topological polar surface area (TPSA) is 96.4 Å². The number of carbonyl (C=O) groups is 2. The number of halogens is 1. The van der Waals surface area contributed by atoms with Crippen LogP contribution in [-0.2, 0) is 19.1 Å². The largest absolute Gasteiger partial charge is 0.511 e. The van der Waals surface area contributed by atoms with E-state index < -0.39 is 23.9 Å². The third kappa shape index (κ3) is 3.96. The van der Waals surface area contributed by atoms with Crippen molar-refractivity contribution in [3.63, 3.8) is 0 Å². The van der Waals surface area contributed by atoms with Crippen molar-refractivity contribution in [2.75, 3.05) is 0 Å². The molecule has 0 aromatic carbocycles. The highest BCUT2D eigenvalue weighted by atomic mass is 35.5. The van der Waals surface area contributed by atoms with Crippen molar-refractivity contribution >= 4 is 23.4 Å². The van der Waals surface area contributed by atoms with Crippen LogP contribution < -0.4 is 0 Å². The second-order valence-electron chi connectivity index (χ2n) is 6.42. The number of allylic oxidation sites excluding steroid dienone is 5. The number of hydrogen-bond acceptors (Lipinski definition) is 6. The molecule has 5 atom stereocenters. The van der Waals surface area contributed by atoms with Gasteiger partial charge in [-0.1, -0.05) is 29.8 Å². The van der Waals surface area contributed by atoms with Gasteiger partial charge in [0.05, 0.1) is 11.1 Å². The molecule has 6 nitrogen and oxygen atoms in total. The molecule has 0 radical (unpaired) electrons. The minimum absolute atomic E-state index is 0.0371. The van der Waals surface area contributed by atoms with Crippen LogP contribution in [0.3, 0.4) is 0 Å². The molecule has 1 aliphatic carbocycles. The molecule has 0 saturated carbocycles. The SMILES string of the molecule is CC1CC2OC2C=CC=CC(=O)CC2C(Cl)=C(O)C=C(O)C2C(=O)O1. The van der Waals surface area contributed by atoms with E-state index in [1.54, 1.807) is 19.1 Å². The van der Waals surface area contributed by atoms with Crippen molar-refractivity contribution in [3.05, 3.63) is 46.9 Å². The molecule has 2 heterocycles. The van der Waals surface area contributed by atoms with Crippen molar-refractivity contribution < 1.29 is 29.3 Å². The summed E-state index contributed by atoms with van der Waals surface area (Å²) < 4.78 is 10.9. The summed E-state index contributed by atoms with van der Waals surface area (Å²) in [5, 5.41) is 19.9. The van der Waals surface area contributed by atoms with Gasteiger partial charge in [0.2, 0.25) is 0 Å². The van der Waals surface area contributed by atoms with E-state index in [9.17, 15) is 19.8 Å². The molecule has 2 aliphatic heterocycles. The van der Waals surface area contributed by atoms with Crippen LogP contribution in [0.5, 0.6) is 0 Å². The first-order chi connectivity index (χ1) is 11.9. The lowest BCUT2D eigenvalue weighted by atomic mass is 9.82. The number of aliphatic hydroxyl groups excluding tert-OH is 2. The van der Waals surface area contributed by atoms with Gasteiger partial charge >= 0.3 is 5.97 Å². The molecule has 0 bridgehead atoms. The van der Waals surface area contributed by atoms with Crippen molar-refractivity contribution in [2.45, 2.75) is 38.1 Å². The Morgan fingerprint density at radius 3 is 2.76 bits per heavy atom. The molecule has 0 spiro atoms. The van der Waals surface area contributed by atoms with Gasteiger partial charge in [0.25, 0.3) is 0 Å². The summed E-state index contributed by atoms with van der Waals surface area (Å²) in [6.45, 7) is 1.74. The first-order valence-corrected chi connectivity index (χ1v) is 8.47. The van der Waals surface area contributed by atoms with Gasteiger partial charge in [0.1, 0.15) is 29.6 Å². The van der Waals surface area contributed by atoms with Gasteiger partial charge in [-0.25, -0.2) is 0 Å². The third-order valence-electron chi connectivity index (χ3n) is 4.45. The molecule has 2 N–H and O–H groups in total. The Morgan fingerprint density at radius 1 is 1.24 bits per heavy atom. The Morgan fingerprint density at radius 2 is 2.00 bits per heavy atom. The van der Waals surface area contributed by atoms with Crippen LogP contribution in [0.25, 0.3) is 0 Å². The van der Waals surface area contributed by atoms with Gasteiger partial charge in [0, 0.05) is 24.8 Å². The van der Waals surface area contributed by atoms with E-state index in [0.717, 1.165) is 6.08 Å². The average molecular weight is 367 g/mol. The fourth-order valence-electron chi connectivity index (χ4n) is 3.12. The lowest BCUT2D eigenvalue weighted by Crippen LogP contribution is -2.34. The maximum absolute atomic E-state index is 12.5. The molecule has 134 valence electrons. The molecular weight excluding hydrogens is 348 g/mol. The van der Waals surface area contributed by atoms with Crippen LogP contribution in [-0.4, -0.2) is 40.3 Å². The molecule has 7 heteroatoms. The second kappa shape index (κ2) is 7.06. The first kappa shape index (κ1) is 17.8. The Bertz CT molecular complexity index is 704. The molecule has 0 aromatic rings. The van der Waals surface area contributed by atoms with E-state index in [1.807, 2.05) is 6.08 Å². The van der Waals surface area contributed by atoms with Crippen molar-refractivity contribution in [1.82, 2.24) is 0 Å². The average Bonchev–Trinajstić information content (AvgIpc) is 3.25. The van der Waals surface area contributed by atoms with Crippen molar-refractivity contribution in [3.8, 4) is 0 Å². The lowest BCUT2D eigenvalue weighted by molar-refractivity contribution is -0.154. The Labute approximate surface area is 150 Å². The number of ether oxygens (including phenoxy) is 2. The van der Waals surface area contributed by atoms with Gasteiger partial charge < -0.3 is 19.7 Å². The molecular formula is C18H19ClO6. The van der Waals surface area contributed by atoms with Crippen LogP contribution in [0.15, 0.2) is 46.9 Å². The normalized spacial score (nSPS) is 36.1. The van der Waals surface area contributed by atoms with E-state index in [2.05, 4.69) is 0 Å². The van der Waals surface area contributed by atoms with E-state index in [0.29, 0.717) is 6.42 Å². The molecule has 3 rings (SSSR count). The zero-order chi connectivity index (χ0) is 18.1. The summed E-state index contributed by atoms with van der Waals surface area (Å²) in [6, 6.07) is 0. The van der Waals surface area contributed by atoms with Gasteiger partial charge in [-0.05, 0) is 13.0 Å². The highest BCUT2D eigenvalue weighted by Crippen LogP contribution is 2.39. The molecule has 1 fully saturated rings. The number of epoxide rings is 1. The van der Waals surface area contributed by atoms with Crippen LogP contribution in [0.4, 0.5) is 0 Å². The van der Waals surface area contributed by atoms with Gasteiger partial charge in [-0.15, -0.1) is 0 Å². The fourth-order valence-corrected chi connectivity index (χ4v) is 3.37. The molecule has 25 heavy (non-hydrogen) atoms. The fraction of sp³-hybridized carbons (Fsp3) is 0.444. The number of fused-ring (bicyclic) bond motifs is 2. The lowest BCUT2D eigenvalue weighted by Gasteiger charge is -2.28. The quantitative estimate of drug-likeness (QED) is 0.505. The third-order valence-corrected chi connectivity index (χ3v) is 4.92. The smallest absolute Gasteiger partial charge is 0.317 e. The minimum atomic E-state index is -1.13. The van der Waals surface area contributed by atoms with E-state index in [1.165, 1.54) is 6.08 Å². The predicted molar refractivity (Wildman–Crippen MR) is 89.9 cm³/mol. The summed E-state index contributed by atoms with van der Waals surface area (Å²) in [4.78, 5) is 24.7. The number of rotatable bonds is 0. The highest BCUT2D eigenvalue weighted by Gasteiger charge is 2.42. The van der Waals surface area contributed by atoms with E-state index >= 15 is 0 Å². The summed E-state index contributed by atoms with van der Waals surface area (Å²) in [6.07, 6.45) is 7.43. The summed E-state index contributed by atoms with van der Waals surface area (Å²) in [5.74, 6) is -3.69. The first-order valence-electron chi connectivity index (χ1n) is 8.09. The number of hydrogen-bond donors (Lipinski definition) is 2. The Balaban J connectivity index is 1.90. The summed E-state index contributed by atoms with van der Waals surface area (Å²) in [7, 11) is 0. The number of esters is 1. The van der Waals surface area contributed by atoms with Crippen molar-refractivity contribution in [1.29, 1.82) is 0 Å². The van der Waals surface area contributed by atoms with Gasteiger partial charge in [-0.3, -0.25) is 9.59 Å². The minimum Gasteiger partial charge on any atom is -0.511 e. The predicted octanol–water partition coefficient (Wildman–Crippen LogP) is 2.86. The monoisotopic (exact) mass is 366 g/mol. The van der Waals surface area contributed by atoms with Crippen LogP contribution in [0.2, 0.25) is 0 Å². The zero-order valence-corrected chi connectivity index (χ0v) is 14.3.